The van der Waals surface area contributed by atoms with Crippen LogP contribution < -0.4 is 5.48 Å². The van der Waals surface area contributed by atoms with E-state index in [9.17, 15) is 22.2 Å². The second-order valence-corrected chi connectivity index (χ2v) is 9.22. The molecule has 2 saturated heterocycles. The fourth-order valence-corrected chi connectivity index (χ4v) is 5.51. The van der Waals surface area contributed by atoms with E-state index >= 15 is 0 Å². The van der Waals surface area contributed by atoms with Crippen LogP contribution in [0, 0.1) is 5.92 Å². The summed E-state index contributed by atoms with van der Waals surface area (Å²) in [6.45, 7) is 2.08. The highest BCUT2D eigenvalue weighted by Gasteiger charge is 2.48. The van der Waals surface area contributed by atoms with E-state index in [0.29, 0.717) is 39.1 Å². The second kappa shape index (κ2) is 11.8. The molecule has 2 heterocycles. The Labute approximate surface area is 182 Å². The van der Waals surface area contributed by atoms with Crippen molar-refractivity contribution in [2.75, 3.05) is 32.9 Å². The molecule has 2 fully saturated rings. The number of piperidine rings is 1. The maximum absolute atomic E-state index is 13.3. The van der Waals surface area contributed by atoms with Gasteiger partial charge in [-0.1, -0.05) is 18.2 Å². The summed E-state index contributed by atoms with van der Waals surface area (Å²) in [6.07, 6.45) is 5.41. The lowest BCUT2D eigenvalue weighted by atomic mass is 9.89. The Bertz CT molecular complexity index is 710. The van der Waals surface area contributed by atoms with Crippen LogP contribution in [0.1, 0.15) is 32.6 Å². The number of carbonyl (C=O) groups is 1. The lowest BCUT2D eigenvalue weighted by Gasteiger charge is -2.40. The number of alkyl halides is 3. The summed E-state index contributed by atoms with van der Waals surface area (Å²) in [4.78, 5) is 12.3. The van der Waals surface area contributed by atoms with E-state index in [1.54, 1.807) is 15.9 Å². The number of amides is 1. The van der Waals surface area contributed by atoms with Gasteiger partial charge in [0, 0.05) is 26.3 Å². The lowest BCUT2D eigenvalue weighted by Crippen LogP contribution is -2.57. The zero-order valence-corrected chi connectivity index (χ0v) is 18.2. The first-order valence-electron chi connectivity index (χ1n) is 10.1. The van der Waals surface area contributed by atoms with E-state index in [2.05, 4.69) is 4.74 Å². The van der Waals surface area contributed by atoms with E-state index < -0.39 is 34.4 Å². The molecule has 0 aromatic carbocycles. The number of nitrogens with one attached hydrogen (secondary N) is 1. The molecule has 0 radical (unpaired) electrons. The smallest absolute Gasteiger partial charge is 0.422 e. The summed E-state index contributed by atoms with van der Waals surface area (Å²) < 4.78 is 60.0. The van der Waals surface area contributed by atoms with Gasteiger partial charge in [-0.2, -0.15) is 13.2 Å². The first-order chi connectivity index (χ1) is 14.7. The van der Waals surface area contributed by atoms with Crippen molar-refractivity contribution in [3.8, 4) is 0 Å². The van der Waals surface area contributed by atoms with Gasteiger partial charge in [-0.3, -0.25) is 10.0 Å². The average Bonchev–Trinajstić information content (AvgIpc) is 2.77. The van der Waals surface area contributed by atoms with Gasteiger partial charge in [-0.25, -0.2) is 14.0 Å². The molecule has 1 amide bonds. The van der Waals surface area contributed by atoms with Crippen molar-refractivity contribution >= 4 is 16.9 Å². The van der Waals surface area contributed by atoms with Gasteiger partial charge in [-0.05, 0) is 50.2 Å². The van der Waals surface area contributed by atoms with Crippen molar-refractivity contribution in [3.05, 3.63) is 36.1 Å². The van der Waals surface area contributed by atoms with Crippen molar-refractivity contribution in [1.29, 1.82) is 0 Å². The first-order valence-corrected chi connectivity index (χ1v) is 11.2. The number of hydrogen-bond donors (Lipinski definition) is 2. The highest BCUT2D eigenvalue weighted by Crippen LogP contribution is 2.33. The molecule has 2 aliphatic heterocycles. The number of hydrogen-bond acceptors (Lipinski definition) is 5. The minimum atomic E-state index is -4.38. The van der Waals surface area contributed by atoms with Crippen LogP contribution in [0.25, 0.3) is 0 Å². The summed E-state index contributed by atoms with van der Waals surface area (Å²) in [5.74, 6) is -0.524. The van der Waals surface area contributed by atoms with Crippen LogP contribution in [0.5, 0.6) is 0 Å². The van der Waals surface area contributed by atoms with Crippen molar-refractivity contribution in [3.63, 3.8) is 0 Å². The molecule has 1 unspecified atom stereocenters. The normalized spacial score (nSPS) is 22.7. The minimum absolute atomic E-state index is 0.133. The fourth-order valence-electron chi connectivity index (χ4n) is 3.75. The molecule has 0 aliphatic carbocycles. The van der Waals surface area contributed by atoms with Crippen LogP contribution in [0.2, 0.25) is 0 Å². The van der Waals surface area contributed by atoms with Crippen molar-refractivity contribution in [1.82, 2.24) is 9.79 Å². The minimum Gasteiger partial charge on any atom is -0.492 e. The Morgan fingerprint density at radius 2 is 1.97 bits per heavy atom. The maximum Gasteiger partial charge on any atom is 0.422 e. The largest absolute Gasteiger partial charge is 0.492 e. The Morgan fingerprint density at radius 3 is 2.52 bits per heavy atom. The van der Waals surface area contributed by atoms with Gasteiger partial charge in [0.2, 0.25) is 0 Å². The predicted molar refractivity (Wildman–Crippen MR) is 109 cm³/mol. The predicted octanol–water partition coefficient (Wildman–Crippen LogP) is 3.01. The van der Waals surface area contributed by atoms with Gasteiger partial charge < -0.3 is 9.47 Å². The fraction of sp³-hybridized carbons (Fsp3) is 0.650. The van der Waals surface area contributed by atoms with Crippen LogP contribution >= 0.6 is 0 Å². The molecular weight excluding hydrogens is 437 g/mol. The molecule has 0 saturated carbocycles. The Balaban J connectivity index is 2.00. The van der Waals surface area contributed by atoms with E-state index in [1.807, 2.05) is 19.1 Å². The van der Waals surface area contributed by atoms with E-state index in [-0.39, 0.29) is 18.8 Å². The molecule has 2 N–H and O–H groups in total. The molecule has 176 valence electrons. The monoisotopic (exact) mass is 466 g/mol. The molecule has 0 aromatic heterocycles. The third-order valence-electron chi connectivity index (χ3n) is 5.38. The van der Waals surface area contributed by atoms with Crippen molar-refractivity contribution in [2.45, 2.75) is 43.5 Å². The first kappa shape index (κ1) is 25.6. The highest BCUT2D eigenvalue weighted by molar-refractivity contribution is 7.85. The van der Waals surface area contributed by atoms with Gasteiger partial charge in [0.25, 0.3) is 5.91 Å². The van der Waals surface area contributed by atoms with Crippen LogP contribution in [-0.4, -0.2) is 63.5 Å². The van der Waals surface area contributed by atoms with Crippen LogP contribution in [-0.2, 0) is 25.3 Å². The number of carbonyl (C=O) groups excluding carboxylic acids is 1. The molecule has 0 aromatic rings. The maximum atomic E-state index is 13.3. The summed E-state index contributed by atoms with van der Waals surface area (Å²) in [7, 11) is -1.63. The second-order valence-electron chi connectivity index (χ2n) is 7.42. The number of ether oxygens (including phenoxy) is 2. The van der Waals surface area contributed by atoms with E-state index in [4.69, 9.17) is 9.94 Å². The topological polar surface area (TPSA) is 88.1 Å². The molecule has 0 spiro atoms. The number of hydroxylamine groups is 1. The Hall–Kier alpha value is -1.69. The molecule has 31 heavy (non-hydrogen) atoms. The zero-order chi connectivity index (χ0) is 22.9. The molecular formula is C20H29F3N2O5S. The highest BCUT2D eigenvalue weighted by atomic mass is 32.2. The number of nitrogens with zero attached hydrogens (tertiary/aromatic N) is 1. The molecule has 7 nitrogen and oxygen atoms in total. The molecule has 1 atom stereocenters. The molecule has 2 rings (SSSR count). The summed E-state index contributed by atoms with van der Waals surface area (Å²) in [6, 6.07) is 0. The van der Waals surface area contributed by atoms with Gasteiger partial charge in [0.15, 0.2) is 6.61 Å². The van der Waals surface area contributed by atoms with E-state index in [0.717, 1.165) is 11.8 Å². The molecule has 2 aliphatic rings. The quantitative estimate of drug-likeness (QED) is 0.249. The standard InChI is InChI=1S/C20H29F3N2O5S/c1-2-4-16(5-3-12-30-15-20(21,22)23)17-6-10-25(11-7-17)31(28)19(18(26)24-27)8-13-29-14-9-19/h2-5,12,17,27H,6-11,13-15H2,1H3,(H,24,26)/b4-2-,12-3+,16-5+. The van der Waals surface area contributed by atoms with Gasteiger partial charge in [0.05, 0.1) is 6.26 Å². The van der Waals surface area contributed by atoms with Crippen molar-refractivity contribution < 1.29 is 36.9 Å². The van der Waals surface area contributed by atoms with Crippen LogP contribution in [0.3, 0.4) is 0 Å². The van der Waals surface area contributed by atoms with Gasteiger partial charge in [-0.15, -0.1) is 0 Å². The van der Waals surface area contributed by atoms with Gasteiger partial charge in [0.1, 0.15) is 15.7 Å². The molecule has 11 heteroatoms. The number of allylic oxidation sites excluding steroid dienone is 5. The van der Waals surface area contributed by atoms with Gasteiger partial charge >= 0.3 is 6.18 Å². The third-order valence-corrected chi connectivity index (χ3v) is 7.48. The SMILES string of the molecule is C\C=C/C(=C\C=C\OCC(F)(F)F)C1CCN(S(=O)C2(C(=O)NO)CCOCC2)CC1. The Morgan fingerprint density at radius 1 is 1.32 bits per heavy atom. The number of rotatable bonds is 8. The Kier molecular flexibility index (Phi) is 9.73. The average molecular weight is 467 g/mol. The lowest BCUT2D eigenvalue weighted by molar-refractivity contribution is -0.161. The summed E-state index contributed by atoms with van der Waals surface area (Å²) in [5.41, 5.74) is 2.60. The number of halogens is 3. The van der Waals surface area contributed by atoms with Crippen LogP contribution in [0.15, 0.2) is 36.1 Å². The third kappa shape index (κ3) is 7.16. The van der Waals surface area contributed by atoms with E-state index in [1.165, 1.54) is 6.08 Å². The summed E-state index contributed by atoms with van der Waals surface area (Å²) >= 11 is 0. The zero-order valence-electron chi connectivity index (χ0n) is 17.4. The van der Waals surface area contributed by atoms with Crippen LogP contribution in [0.4, 0.5) is 13.2 Å². The molecule has 0 bridgehead atoms. The summed E-state index contributed by atoms with van der Waals surface area (Å²) in [5, 5.41) is 9.15. The van der Waals surface area contributed by atoms with Crippen molar-refractivity contribution in [2.24, 2.45) is 5.92 Å².